The van der Waals surface area contributed by atoms with Crippen LogP contribution in [-0.4, -0.2) is 15.4 Å². The molecule has 0 N–H and O–H groups in total. The van der Waals surface area contributed by atoms with Gasteiger partial charge in [-0.15, -0.1) is 0 Å². The van der Waals surface area contributed by atoms with E-state index in [0.717, 1.165) is 29.3 Å². The summed E-state index contributed by atoms with van der Waals surface area (Å²) in [5.41, 5.74) is 3.41. The second-order valence-electron chi connectivity index (χ2n) is 3.02. The van der Waals surface area contributed by atoms with Crippen LogP contribution >= 0.6 is 0 Å². The number of aromatic nitrogens is 2. The first-order chi connectivity index (χ1) is 5.18. The smallest absolute Gasteiger partial charge is 0.136 e. The third-order valence-corrected chi connectivity index (χ3v) is 2.07. The zero-order valence-electron chi connectivity index (χ0n) is 7.05. The minimum absolute atomic E-state index is 0.911. The lowest BCUT2D eigenvalue weighted by Crippen LogP contribution is -1.91. The highest BCUT2D eigenvalue weighted by Crippen LogP contribution is 2.15. The SMILES string of the molecule is CC1=Nn2c(nc(C)c2C)C1. The van der Waals surface area contributed by atoms with E-state index in [9.17, 15) is 0 Å². The Balaban J connectivity index is 2.61. The molecule has 0 aliphatic carbocycles. The van der Waals surface area contributed by atoms with Crippen LogP contribution in [0.15, 0.2) is 5.10 Å². The Morgan fingerprint density at radius 3 is 2.64 bits per heavy atom. The summed E-state index contributed by atoms with van der Waals surface area (Å²) in [6, 6.07) is 0. The van der Waals surface area contributed by atoms with Crippen LogP contribution in [0.25, 0.3) is 0 Å². The van der Waals surface area contributed by atoms with E-state index in [1.807, 2.05) is 25.4 Å². The van der Waals surface area contributed by atoms with Crippen molar-refractivity contribution in [2.75, 3.05) is 0 Å². The van der Waals surface area contributed by atoms with Crippen molar-refractivity contribution in [2.24, 2.45) is 5.10 Å². The molecular weight excluding hydrogens is 138 g/mol. The van der Waals surface area contributed by atoms with E-state index in [-0.39, 0.29) is 0 Å². The van der Waals surface area contributed by atoms with Gasteiger partial charge in [0.15, 0.2) is 0 Å². The highest BCUT2D eigenvalue weighted by atomic mass is 15.4. The van der Waals surface area contributed by atoms with Crippen LogP contribution in [0.3, 0.4) is 0 Å². The molecule has 2 heterocycles. The van der Waals surface area contributed by atoms with Gasteiger partial charge in [0, 0.05) is 12.1 Å². The first kappa shape index (κ1) is 6.58. The maximum Gasteiger partial charge on any atom is 0.136 e. The third kappa shape index (κ3) is 0.803. The molecule has 0 spiro atoms. The summed E-state index contributed by atoms with van der Waals surface area (Å²) in [4.78, 5) is 4.39. The van der Waals surface area contributed by atoms with E-state index in [1.165, 1.54) is 0 Å². The van der Waals surface area contributed by atoms with Crippen LogP contribution in [-0.2, 0) is 6.42 Å². The summed E-state index contributed by atoms with van der Waals surface area (Å²) >= 11 is 0. The van der Waals surface area contributed by atoms with Crippen LogP contribution < -0.4 is 0 Å². The molecule has 2 rings (SSSR count). The molecule has 3 nitrogen and oxygen atoms in total. The van der Waals surface area contributed by atoms with Crippen LogP contribution in [0.2, 0.25) is 0 Å². The molecule has 0 saturated heterocycles. The minimum atomic E-state index is 0.911. The quantitative estimate of drug-likeness (QED) is 0.546. The molecule has 1 aliphatic heterocycles. The Morgan fingerprint density at radius 2 is 2.00 bits per heavy atom. The van der Waals surface area contributed by atoms with Gasteiger partial charge in [-0.1, -0.05) is 0 Å². The van der Waals surface area contributed by atoms with Crippen molar-refractivity contribution in [2.45, 2.75) is 27.2 Å². The highest BCUT2D eigenvalue weighted by Gasteiger charge is 2.16. The molecule has 1 aromatic rings. The van der Waals surface area contributed by atoms with Crippen molar-refractivity contribution in [3.05, 3.63) is 17.2 Å². The van der Waals surface area contributed by atoms with Gasteiger partial charge in [0.25, 0.3) is 0 Å². The average molecular weight is 149 g/mol. The first-order valence-corrected chi connectivity index (χ1v) is 3.78. The Bertz CT molecular complexity index is 333. The van der Waals surface area contributed by atoms with Gasteiger partial charge in [-0.05, 0) is 20.8 Å². The highest BCUT2D eigenvalue weighted by molar-refractivity contribution is 5.85. The molecule has 11 heavy (non-hydrogen) atoms. The number of hydrogen-bond donors (Lipinski definition) is 0. The van der Waals surface area contributed by atoms with Crippen molar-refractivity contribution < 1.29 is 0 Å². The van der Waals surface area contributed by atoms with E-state index in [2.05, 4.69) is 10.1 Å². The lowest BCUT2D eigenvalue weighted by atomic mass is 10.3. The standard InChI is InChI=1S/C8H11N3/c1-5-4-8-9-6(2)7(3)11(8)10-5/h4H2,1-3H3. The molecule has 0 saturated carbocycles. The molecule has 58 valence electrons. The summed E-state index contributed by atoms with van der Waals surface area (Å²) in [6.45, 7) is 6.10. The normalized spacial score (nSPS) is 15.0. The predicted octanol–water partition coefficient (Wildman–Crippen LogP) is 1.28. The monoisotopic (exact) mass is 149 g/mol. The van der Waals surface area contributed by atoms with Crippen molar-refractivity contribution in [3.63, 3.8) is 0 Å². The maximum absolute atomic E-state index is 4.39. The van der Waals surface area contributed by atoms with E-state index in [4.69, 9.17) is 0 Å². The van der Waals surface area contributed by atoms with E-state index in [1.54, 1.807) is 0 Å². The summed E-state index contributed by atoms with van der Waals surface area (Å²) in [5, 5.41) is 4.34. The summed E-state index contributed by atoms with van der Waals surface area (Å²) in [5.74, 6) is 1.08. The molecule has 0 unspecified atom stereocenters. The molecule has 0 aromatic carbocycles. The van der Waals surface area contributed by atoms with E-state index >= 15 is 0 Å². The molecule has 0 radical (unpaired) electrons. The maximum atomic E-state index is 4.39. The summed E-state index contributed by atoms with van der Waals surface area (Å²) in [6.07, 6.45) is 0.911. The second kappa shape index (κ2) is 1.94. The fourth-order valence-corrected chi connectivity index (χ4v) is 1.35. The fourth-order valence-electron chi connectivity index (χ4n) is 1.35. The minimum Gasteiger partial charge on any atom is -0.236 e. The zero-order valence-corrected chi connectivity index (χ0v) is 7.05. The Labute approximate surface area is 65.8 Å². The van der Waals surface area contributed by atoms with Crippen LogP contribution in [0.4, 0.5) is 0 Å². The molecule has 1 aromatic heterocycles. The number of nitrogens with zero attached hydrogens (tertiary/aromatic N) is 3. The van der Waals surface area contributed by atoms with Crippen molar-refractivity contribution >= 4 is 5.71 Å². The molecule has 0 amide bonds. The van der Waals surface area contributed by atoms with Gasteiger partial charge < -0.3 is 0 Å². The van der Waals surface area contributed by atoms with E-state index in [0.29, 0.717) is 0 Å². The average Bonchev–Trinajstić information content (AvgIpc) is 2.37. The zero-order chi connectivity index (χ0) is 8.01. The number of hydrogen-bond acceptors (Lipinski definition) is 2. The second-order valence-corrected chi connectivity index (χ2v) is 3.02. The van der Waals surface area contributed by atoms with Gasteiger partial charge in [-0.2, -0.15) is 5.10 Å². The van der Waals surface area contributed by atoms with Crippen LogP contribution in [0.5, 0.6) is 0 Å². The summed E-state index contributed by atoms with van der Waals surface area (Å²) < 4.78 is 1.94. The fraction of sp³-hybridized carbons (Fsp3) is 0.500. The third-order valence-electron chi connectivity index (χ3n) is 2.07. The van der Waals surface area contributed by atoms with Crippen LogP contribution in [0, 0.1) is 13.8 Å². The first-order valence-electron chi connectivity index (χ1n) is 3.78. The van der Waals surface area contributed by atoms with Crippen molar-refractivity contribution in [1.82, 2.24) is 9.66 Å². The number of rotatable bonds is 0. The number of aryl methyl sites for hydroxylation is 1. The van der Waals surface area contributed by atoms with Gasteiger partial charge in [0.2, 0.25) is 0 Å². The van der Waals surface area contributed by atoms with Crippen molar-refractivity contribution in [3.8, 4) is 0 Å². The number of imidazole rings is 1. The predicted molar refractivity (Wildman–Crippen MR) is 43.9 cm³/mol. The van der Waals surface area contributed by atoms with Gasteiger partial charge in [0.05, 0.1) is 11.4 Å². The molecule has 1 aliphatic rings. The van der Waals surface area contributed by atoms with Gasteiger partial charge in [0.1, 0.15) is 5.82 Å². The van der Waals surface area contributed by atoms with Crippen LogP contribution in [0.1, 0.15) is 24.1 Å². The molecule has 0 bridgehead atoms. The topological polar surface area (TPSA) is 30.2 Å². The molecule has 3 heteroatoms. The molecule has 0 atom stereocenters. The van der Waals surface area contributed by atoms with Crippen molar-refractivity contribution in [1.29, 1.82) is 0 Å². The molecule has 0 fully saturated rings. The lowest BCUT2D eigenvalue weighted by Gasteiger charge is -1.92. The Morgan fingerprint density at radius 1 is 1.27 bits per heavy atom. The van der Waals surface area contributed by atoms with Gasteiger partial charge in [-0.25, -0.2) is 9.66 Å². The largest absolute Gasteiger partial charge is 0.236 e. The summed E-state index contributed by atoms with van der Waals surface area (Å²) in [7, 11) is 0. The van der Waals surface area contributed by atoms with E-state index < -0.39 is 0 Å². The Kier molecular flexibility index (Phi) is 1.16. The number of fused-ring (bicyclic) bond motifs is 1. The van der Waals surface area contributed by atoms with Gasteiger partial charge >= 0.3 is 0 Å². The Hall–Kier alpha value is -1.12. The molecular formula is C8H11N3. The van der Waals surface area contributed by atoms with Gasteiger partial charge in [-0.3, -0.25) is 0 Å². The lowest BCUT2D eigenvalue weighted by molar-refractivity contribution is 0.826.